The van der Waals surface area contributed by atoms with Gasteiger partial charge in [-0.3, -0.25) is 4.79 Å². The van der Waals surface area contributed by atoms with Crippen LogP contribution in [0.1, 0.15) is 5.56 Å². The Hall–Kier alpha value is -1.73. The van der Waals surface area contributed by atoms with Crippen LogP contribution in [0.4, 0.5) is 18.9 Å². The predicted octanol–water partition coefficient (Wildman–Crippen LogP) is 5.14. The Morgan fingerprint density at radius 2 is 1.91 bits per heavy atom. The molecular weight excluding hydrogens is 399 g/mol. The van der Waals surface area contributed by atoms with E-state index >= 15 is 0 Å². The molecule has 0 bridgehead atoms. The van der Waals surface area contributed by atoms with Gasteiger partial charge in [0.15, 0.2) is 6.61 Å². The number of rotatable bonds is 4. The number of hydrogen-bond acceptors (Lipinski definition) is 2. The topological polar surface area (TPSA) is 38.3 Å². The Morgan fingerprint density at radius 1 is 1.22 bits per heavy atom. The molecule has 23 heavy (non-hydrogen) atoms. The summed E-state index contributed by atoms with van der Waals surface area (Å²) in [7, 11) is 0. The summed E-state index contributed by atoms with van der Waals surface area (Å²) in [5.41, 5.74) is -1.02. The van der Waals surface area contributed by atoms with Gasteiger partial charge in [0.05, 0.1) is 15.1 Å². The number of ether oxygens (including phenoxy) is 1. The van der Waals surface area contributed by atoms with Crippen molar-refractivity contribution < 1.29 is 22.7 Å². The molecule has 0 aliphatic carbocycles. The van der Waals surface area contributed by atoms with Crippen molar-refractivity contribution in [2.75, 3.05) is 11.9 Å². The maximum absolute atomic E-state index is 12.8. The van der Waals surface area contributed by atoms with Crippen LogP contribution in [0.15, 0.2) is 46.9 Å². The maximum atomic E-state index is 12.8. The van der Waals surface area contributed by atoms with E-state index in [-0.39, 0.29) is 12.3 Å². The van der Waals surface area contributed by atoms with Gasteiger partial charge in [0.2, 0.25) is 0 Å². The highest BCUT2D eigenvalue weighted by Gasteiger charge is 2.33. The molecule has 2 aromatic rings. The fourth-order valence-corrected chi connectivity index (χ4v) is 2.35. The number of halogens is 5. The molecule has 0 saturated heterocycles. The number of alkyl halides is 3. The standard InChI is InChI=1S/C15H10BrClF3NO2/c16-11-3-1-2-4-13(11)23-8-14(22)21-9-5-6-12(17)10(7-9)15(18,19)20/h1-7H,8H2,(H,21,22). The van der Waals surface area contributed by atoms with Crippen molar-refractivity contribution >= 4 is 39.1 Å². The summed E-state index contributed by atoms with van der Waals surface area (Å²) in [6.07, 6.45) is -4.59. The Labute approximate surface area is 143 Å². The van der Waals surface area contributed by atoms with E-state index in [1.807, 2.05) is 0 Å². The van der Waals surface area contributed by atoms with Crippen molar-refractivity contribution in [3.05, 3.63) is 57.5 Å². The average Bonchev–Trinajstić information content (AvgIpc) is 2.47. The number of anilines is 1. The summed E-state index contributed by atoms with van der Waals surface area (Å²) in [4.78, 5) is 11.8. The molecule has 0 aliphatic heterocycles. The zero-order valence-corrected chi connectivity index (χ0v) is 13.8. The molecule has 0 heterocycles. The molecule has 0 aromatic heterocycles. The lowest BCUT2D eigenvalue weighted by atomic mass is 10.2. The zero-order chi connectivity index (χ0) is 17.0. The predicted molar refractivity (Wildman–Crippen MR) is 84.7 cm³/mol. The van der Waals surface area contributed by atoms with Crippen LogP contribution in [0.2, 0.25) is 5.02 Å². The molecule has 0 unspecified atom stereocenters. The molecule has 0 fully saturated rings. The minimum absolute atomic E-state index is 0.0116. The van der Waals surface area contributed by atoms with Gasteiger partial charge in [-0.2, -0.15) is 13.2 Å². The Bertz CT molecular complexity index is 722. The Balaban J connectivity index is 2.02. The van der Waals surface area contributed by atoms with Gasteiger partial charge >= 0.3 is 6.18 Å². The number of para-hydroxylation sites is 1. The number of hydrogen-bond donors (Lipinski definition) is 1. The second-order valence-electron chi connectivity index (χ2n) is 4.46. The molecule has 1 N–H and O–H groups in total. The van der Waals surface area contributed by atoms with E-state index in [1.165, 1.54) is 6.07 Å². The lowest BCUT2D eigenvalue weighted by Gasteiger charge is -2.12. The SMILES string of the molecule is O=C(COc1ccccc1Br)Nc1ccc(Cl)c(C(F)(F)F)c1. The van der Waals surface area contributed by atoms with E-state index in [1.54, 1.807) is 24.3 Å². The first kappa shape index (κ1) is 17.6. The summed E-state index contributed by atoms with van der Waals surface area (Å²) < 4.78 is 44.2. The third-order valence-electron chi connectivity index (χ3n) is 2.75. The summed E-state index contributed by atoms with van der Waals surface area (Å²) >= 11 is 8.77. The molecule has 1 amide bonds. The number of carbonyl (C=O) groups excluding carboxylic acids is 1. The van der Waals surface area contributed by atoms with Crippen molar-refractivity contribution in [3.63, 3.8) is 0 Å². The van der Waals surface area contributed by atoms with Crippen molar-refractivity contribution in [2.24, 2.45) is 0 Å². The van der Waals surface area contributed by atoms with Crippen molar-refractivity contribution in [2.45, 2.75) is 6.18 Å². The van der Waals surface area contributed by atoms with Gasteiger partial charge in [0.1, 0.15) is 5.75 Å². The molecule has 0 aliphatic rings. The van der Waals surface area contributed by atoms with Crippen LogP contribution >= 0.6 is 27.5 Å². The number of amides is 1. The molecule has 0 radical (unpaired) electrons. The minimum Gasteiger partial charge on any atom is -0.483 e. The van der Waals surface area contributed by atoms with Gasteiger partial charge in [0.25, 0.3) is 5.91 Å². The van der Waals surface area contributed by atoms with E-state index in [0.717, 1.165) is 12.1 Å². The maximum Gasteiger partial charge on any atom is 0.417 e. The molecular formula is C15H10BrClF3NO2. The molecule has 2 rings (SSSR count). The number of nitrogens with one attached hydrogen (secondary N) is 1. The fraction of sp³-hybridized carbons (Fsp3) is 0.133. The highest BCUT2D eigenvalue weighted by atomic mass is 79.9. The third-order valence-corrected chi connectivity index (χ3v) is 3.74. The van der Waals surface area contributed by atoms with Gasteiger partial charge in [-0.1, -0.05) is 23.7 Å². The van der Waals surface area contributed by atoms with Gasteiger partial charge < -0.3 is 10.1 Å². The van der Waals surface area contributed by atoms with Gasteiger partial charge in [-0.05, 0) is 46.3 Å². The van der Waals surface area contributed by atoms with Crippen molar-refractivity contribution in [1.82, 2.24) is 0 Å². The number of benzene rings is 2. The summed E-state index contributed by atoms with van der Waals surface area (Å²) in [6, 6.07) is 10.0. The van der Waals surface area contributed by atoms with Gasteiger partial charge in [-0.15, -0.1) is 0 Å². The first-order valence-electron chi connectivity index (χ1n) is 6.31. The van der Waals surface area contributed by atoms with Crippen LogP contribution in [0.5, 0.6) is 5.75 Å². The lowest BCUT2D eigenvalue weighted by Crippen LogP contribution is -2.20. The Kier molecular flexibility index (Phi) is 5.54. The second kappa shape index (κ2) is 7.23. The van der Waals surface area contributed by atoms with Crippen molar-refractivity contribution in [1.29, 1.82) is 0 Å². The van der Waals surface area contributed by atoms with E-state index in [2.05, 4.69) is 21.2 Å². The molecule has 0 atom stereocenters. The van der Waals surface area contributed by atoms with E-state index in [9.17, 15) is 18.0 Å². The first-order chi connectivity index (χ1) is 10.8. The average molecular weight is 409 g/mol. The summed E-state index contributed by atoms with van der Waals surface area (Å²) in [5, 5.41) is 1.90. The van der Waals surface area contributed by atoms with Crippen LogP contribution < -0.4 is 10.1 Å². The van der Waals surface area contributed by atoms with Crippen LogP contribution in [-0.4, -0.2) is 12.5 Å². The molecule has 3 nitrogen and oxygen atoms in total. The van der Waals surface area contributed by atoms with E-state index in [0.29, 0.717) is 10.2 Å². The highest BCUT2D eigenvalue weighted by molar-refractivity contribution is 9.10. The van der Waals surface area contributed by atoms with Crippen LogP contribution in [0, 0.1) is 0 Å². The monoisotopic (exact) mass is 407 g/mol. The van der Waals surface area contributed by atoms with Crippen LogP contribution in [0.25, 0.3) is 0 Å². The molecule has 0 saturated carbocycles. The van der Waals surface area contributed by atoms with E-state index < -0.39 is 22.7 Å². The molecule has 2 aromatic carbocycles. The first-order valence-corrected chi connectivity index (χ1v) is 7.48. The lowest BCUT2D eigenvalue weighted by molar-refractivity contribution is -0.137. The molecule has 0 spiro atoms. The molecule has 122 valence electrons. The normalized spacial score (nSPS) is 11.2. The zero-order valence-electron chi connectivity index (χ0n) is 11.5. The van der Waals surface area contributed by atoms with Gasteiger partial charge in [0, 0.05) is 5.69 Å². The quantitative estimate of drug-likeness (QED) is 0.761. The summed E-state index contributed by atoms with van der Waals surface area (Å²) in [6.45, 7) is -0.341. The smallest absolute Gasteiger partial charge is 0.417 e. The van der Waals surface area contributed by atoms with Crippen LogP contribution in [-0.2, 0) is 11.0 Å². The second-order valence-corrected chi connectivity index (χ2v) is 5.72. The number of carbonyl (C=O) groups is 1. The van der Waals surface area contributed by atoms with Crippen molar-refractivity contribution in [3.8, 4) is 5.75 Å². The third kappa shape index (κ3) is 4.87. The van der Waals surface area contributed by atoms with Gasteiger partial charge in [-0.25, -0.2) is 0 Å². The molecule has 8 heteroatoms. The van der Waals surface area contributed by atoms with E-state index in [4.69, 9.17) is 16.3 Å². The highest BCUT2D eigenvalue weighted by Crippen LogP contribution is 2.36. The fourth-order valence-electron chi connectivity index (χ4n) is 1.72. The Morgan fingerprint density at radius 3 is 2.57 bits per heavy atom. The minimum atomic E-state index is -4.59. The summed E-state index contributed by atoms with van der Waals surface area (Å²) in [5.74, 6) is -0.133. The van der Waals surface area contributed by atoms with Crippen LogP contribution in [0.3, 0.4) is 0 Å². The largest absolute Gasteiger partial charge is 0.483 e.